The molecule has 0 amide bonds. The maximum absolute atomic E-state index is 6.50. The zero-order chi connectivity index (χ0) is 71.1. The van der Waals surface area contributed by atoms with Gasteiger partial charge in [0.2, 0.25) is 0 Å². The van der Waals surface area contributed by atoms with Crippen LogP contribution in [0.5, 0.6) is 0 Å². The first-order valence-corrected chi connectivity index (χ1v) is 42.6. The van der Waals surface area contributed by atoms with Crippen LogP contribution in [0.3, 0.4) is 0 Å². The summed E-state index contributed by atoms with van der Waals surface area (Å²) in [5.41, 5.74) is 16.0. The zero-order valence-corrected chi connectivity index (χ0v) is 66.9. The second-order valence-electron chi connectivity index (χ2n) is 32.8. The summed E-state index contributed by atoms with van der Waals surface area (Å²) in [5, 5.41) is 7.63. The minimum atomic E-state index is -0.407. The topological polar surface area (TPSA) is 38.9 Å². The van der Waals surface area contributed by atoms with Crippen LogP contribution in [-0.4, -0.2) is 9.97 Å². The largest absolute Gasteiger partial charge is 0.456 e. The summed E-state index contributed by atoms with van der Waals surface area (Å²) in [4.78, 5) is 12.2. The molecule has 6 heteroatoms. The number of aromatic nitrogens is 2. The summed E-state index contributed by atoms with van der Waals surface area (Å²) < 4.78 is 14.7. The highest BCUT2D eigenvalue weighted by atomic mass is 32.1. The minimum Gasteiger partial charge on any atom is -0.456 e. The Labute approximate surface area is 619 Å². The Morgan fingerprint density at radius 2 is 0.931 bits per heavy atom. The molecule has 532 valence electrons. The first-order chi connectivity index (χ1) is 48.8. The predicted molar refractivity (Wildman–Crippen MR) is 447 cm³/mol. The van der Waals surface area contributed by atoms with E-state index in [-0.39, 0.29) is 21.7 Å². The lowest BCUT2D eigenvalue weighted by Gasteiger charge is -2.49. The van der Waals surface area contributed by atoms with Crippen molar-refractivity contribution in [3.8, 4) is 22.5 Å². The van der Waals surface area contributed by atoms with Gasteiger partial charge >= 0.3 is 0 Å². The minimum absolute atomic E-state index is 0.0387. The molecule has 5 unspecified atom stereocenters. The Morgan fingerprint density at radius 3 is 1.56 bits per heavy atom. The fourth-order valence-electron chi connectivity index (χ4n) is 18.6. The molecule has 0 bridgehead atoms. The number of para-hydroxylation sites is 1. The molecule has 13 rings (SSSR count). The average molecular weight is 1400 g/mol. The van der Waals surface area contributed by atoms with Gasteiger partial charge in [-0.2, -0.15) is 0 Å². The number of hydrogen-bond donors (Lipinski definition) is 0. The Hall–Kier alpha value is -6.18. The SMILES string of the molecule is CCCCCCCCC1(CCCCCCCC)c2cc(C(C)CC)ccc2-c2ccc(C(C)(CC)C(C)(CC)c3cc(C(C)(CC)C(C)(CCCCC)c4ccc5c(c4)sc4c6ccc(C(C)(C)CCCC)cc6sc54)nc(-c4ccc5sc6cc7oc8ccccc8c7cc6c5c4)n3)cc21. The standard InChI is InChI=1S/C95H118N2OS3/c1-16-24-28-30-32-37-53-95(54-38-33-31-29-25-17-2)77-56-64(63(9)20-5)41-46-69(77)70-47-44-67(57-78(70)95)91(12,21-6)92(13,22-7)85-62-86(97-89(96-85)65-42-50-81-75(55-65)76-60-74-71-39-34-35-40-79(71)98-80(74)61-84(76)99-81)93(14,23-8)94(15,52-36-26-18-3)68-45-49-73-83(59-68)101-87-72-48-43-66(58-82(72)100-88(73)87)90(10,11)51-27-19-4/h34-35,39-50,55-63H,16-33,36-38,51-54H2,1-15H3. The van der Waals surface area contributed by atoms with E-state index in [9.17, 15) is 0 Å². The van der Waals surface area contributed by atoms with E-state index in [2.05, 4.69) is 237 Å². The van der Waals surface area contributed by atoms with E-state index < -0.39 is 10.8 Å². The lowest BCUT2D eigenvalue weighted by molar-refractivity contribution is 0.210. The van der Waals surface area contributed by atoms with E-state index in [1.165, 1.54) is 205 Å². The zero-order valence-electron chi connectivity index (χ0n) is 64.5. The Kier molecular flexibility index (Phi) is 21.8. The van der Waals surface area contributed by atoms with E-state index in [0.717, 1.165) is 83.2 Å². The molecule has 7 aromatic carbocycles. The van der Waals surface area contributed by atoms with Crippen molar-refractivity contribution >= 4 is 106 Å². The van der Waals surface area contributed by atoms with Crippen LogP contribution in [-0.2, 0) is 32.5 Å². The monoisotopic (exact) mass is 1400 g/mol. The van der Waals surface area contributed by atoms with Crippen molar-refractivity contribution in [2.75, 3.05) is 0 Å². The molecule has 5 aromatic heterocycles. The molecule has 0 saturated heterocycles. The normalized spacial score (nSPS) is 16.0. The molecule has 0 spiro atoms. The smallest absolute Gasteiger partial charge is 0.159 e. The van der Waals surface area contributed by atoms with Gasteiger partial charge in [0, 0.05) is 83.8 Å². The van der Waals surface area contributed by atoms with Crippen LogP contribution in [0, 0.1) is 0 Å². The van der Waals surface area contributed by atoms with Crippen molar-refractivity contribution in [1.29, 1.82) is 0 Å². The molecule has 0 radical (unpaired) electrons. The van der Waals surface area contributed by atoms with Gasteiger partial charge in [-0.15, -0.1) is 34.0 Å². The van der Waals surface area contributed by atoms with Gasteiger partial charge < -0.3 is 4.42 Å². The molecule has 1 aliphatic carbocycles. The maximum Gasteiger partial charge on any atom is 0.159 e. The fraction of sp³-hybridized carbons (Fsp3) is 0.495. The number of fused-ring (bicyclic) bond motifs is 14. The maximum atomic E-state index is 6.50. The lowest BCUT2D eigenvalue weighted by Crippen LogP contribution is -2.47. The van der Waals surface area contributed by atoms with Crippen molar-refractivity contribution in [1.82, 2.24) is 9.97 Å². The van der Waals surface area contributed by atoms with E-state index >= 15 is 0 Å². The molecule has 5 heterocycles. The van der Waals surface area contributed by atoms with Crippen LogP contribution in [0.4, 0.5) is 0 Å². The lowest BCUT2D eigenvalue weighted by atomic mass is 9.55. The van der Waals surface area contributed by atoms with Crippen LogP contribution < -0.4 is 0 Å². The van der Waals surface area contributed by atoms with Crippen molar-refractivity contribution in [3.05, 3.63) is 178 Å². The third-order valence-electron chi connectivity index (χ3n) is 26.7. The molecule has 5 atom stereocenters. The first-order valence-electron chi connectivity index (χ1n) is 40.2. The van der Waals surface area contributed by atoms with Gasteiger partial charge in [-0.25, -0.2) is 9.97 Å². The number of benzene rings is 7. The van der Waals surface area contributed by atoms with E-state index in [4.69, 9.17) is 14.4 Å². The Balaban J connectivity index is 0.984. The average Bonchev–Trinajstić information content (AvgIpc) is 1.67. The number of rotatable bonds is 34. The van der Waals surface area contributed by atoms with Gasteiger partial charge in [0.1, 0.15) is 11.2 Å². The Morgan fingerprint density at radius 1 is 0.396 bits per heavy atom. The first kappa shape index (κ1) is 73.1. The molecular formula is C95H118N2OS3. The molecule has 3 nitrogen and oxygen atoms in total. The van der Waals surface area contributed by atoms with Crippen molar-refractivity contribution in [2.45, 2.75) is 303 Å². The summed E-state index contributed by atoms with van der Waals surface area (Å²) in [6, 6.07) is 53.6. The number of thiophene rings is 3. The fourth-order valence-corrected chi connectivity index (χ4v) is 22.5. The third-order valence-corrected chi connectivity index (χ3v) is 30.3. The molecule has 0 aliphatic heterocycles. The second-order valence-corrected chi connectivity index (χ2v) is 36.0. The number of hydrogen-bond acceptors (Lipinski definition) is 6. The summed E-state index contributed by atoms with van der Waals surface area (Å²) in [6.07, 6.45) is 30.4. The molecule has 0 N–H and O–H groups in total. The van der Waals surface area contributed by atoms with E-state index in [1.807, 2.05) is 34.0 Å². The summed E-state index contributed by atoms with van der Waals surface area (Å²) in [6.45, 7) is 36.9. The number of unbranched alkanes of at least 4 members (excludes halogenated alkanes) is 13. The van der Waals surface area contributed by atoms with Crippen LogP contribution in [0.2, 0.25) is 0 Å². The van der Waals surface area contributed by atoms with E-state index in [0.29, 0.717) is 5.92 Å². The van der Waals surface area contributed by atoms with Gasteiger partial charge in [0.25, 0.3) is 0 Å². The molecular weight excluding hydrogens is 1280 g/mol. The molecule has 0 fully saturated rings. The summed E-state index contributed by atoms with van der Waals surface area (Å²) in [7, 11) is 0. The van der Waals surface area contributed by atoms with Gasteiger partial charge in [0.05, 0.1) is 20.8 Å². The summed E-state index contributed by atoms with van der Waals surface area (Å²) in [5.74, 6) is 1.35. The van der Waals surface area contributed by atoms with Gasteiger partial charge in [0.15, 0.2) is 5.82 Å². The van der Waals surface area contributed by atoms with Crippen molar-refractivity contribution < 1.29 is 4.42 Å². The Bertz CT molecular complexity index is 4900. The van der Waals surface area contributed by atoms with Crippen molar-refractivity contribution in [2.24, 2.45) is 0 Å². The molecule has 1 aliphatic rings. The second kappa shape index (κ2) is 30.1. The quantitative estimate of drug-likeness (QED) is 0.0377. The number of nitrogens with zero attached hydrogens (tertiary/aromatic N) is 2. The highest BCUT2D eigenvalue weighted by Crippen LogP contribution is 2.59. The molecule has 12 aromatic rings. The predicted octanol–water partition coefficient (Wildman–Crippen LogP) is 31.0. The highest BCUT2D eigenvalue weighted by Gasteiger charge is 2.51. The third kappa shape index (κ3) is 13.1. The summed E-state index contributed by atoms with van der Waals surface area (Å²) >= 11 is 5.88. The van der Waals surface area contributed by atoms with Gasteiger partial charge in [-0.1, -0.05) is 292 Å². The van der Waals surface area contributed by atoms with Crippen LogP contribution in [0.15, 0.2) is 138 Å². The van der Waals surface area contributed by atoms with Crippen LogP contribution in [0.1, 0.15) is 315 Å². The highest BCUT2D eigenvalue weighted by molar-refractivity contribution is 7.36. The van der Waals surface area contributed by atoms with Crippen LogP contribution >= 0.6 is 34.0 Å². The van der Waals surface area contributed by atoms with Crippen LogP contribution in [0.25, 0.3) is 94.2 Å². The number of furan rings is 1. The van der Waals surface area contributed by atoms with Gasteiger partial charge in [-0.05, 0) is 162 Å². The molecule has 101 heavy (non-hydrogen) atoms. The molecule has 0 saturated carbocycles. The van der Waals surface area contributed by atoms with Crippen molar-refractivity contribution in [3.63, 3.8) is 0 Å². The van der Waals surface area contributed by atoms with E-state index in [1.54, 1.807) is 11.1 Å². The van der Waals surface area contributed by atoms with Gasteiger partial charge in [-0.3, -0.25) is 0 Å².